The van der Waals surface area contributed by atoms with Gasteiger partial charge in [0.1, 0.15) is 5.82 Å². The predicted molar refractivity (Wildman–Crippen MR) is 135 cm³/mol. The van der Waals surface area contributed by atoms with Gasteiger partial charge in [-0.3, -0.25) is 9.36 Å². The molecule has 176 valence electrons. The first kappa shape index (κ1) is 24.2. The molecule has 4 rings (SSSR count). The number of aromatic nitrogens is 3. The van der Waals surface area contributed by atoms with E-state index in [-0.39, 0.29) is 27.3 Å². The van der Waals surface area contributed by atoms with Gasteiger partial charge in [0.25, 0.3) is 0 Å². The van der Waals surface area contributed by atoms with E-state index in [9.17, 15) is 13.2 Å². The lowest BCUT2D eigenvalue weighted by Gasteiger charge is -2.16. The molecular weight excluding hydrogens is 494 g/mol. The summed E-state index contributed by atoms with van der Waals surface area (Å²) in [4.78, 5) is 12.5. The summed E-state index contributed by atoms with van der Waals surface area (Å²) in [7, 11) is -3.89. The summed E-state index contributed by atoms with van der Waals surface area (Å²) < 4.78 is 24.9. The Morgan fingerprint density at radius 1 is 1.06 bits per heavy atom. The molecule has 11 heteroatoms. The number of aryl methyl sites for hydroxylation is 3. The van der Waals surface area contributed by atoms with Gasteiger partial charge < -0.3 is 5.32 Å². The average molecular weight is 516 g/mol. The number of anilines is 1. The highest BCUT2D eigenvalue weighted by Gasteiger charge is 2.19. The monoisotopic (exact) mass is 515 g/mol. The Morgan fingerprint density at radius 2 is 1.76 bits per heavy atom. The van der Waals surface area contributed by atoms with E-state index in [1.54, 1.807) is 0 Å². The Hall–Kier alpha value is -2.92. The van der Waals surface area contributed by atoms with E-state index in [1.807, 2.05) is 30.5 Å². The van der Waals surface area contributed by atoms with Crippen LogP contribution in [-0.2, 0) is 14.8 Å². The number of sulfonamides is 1. The molecule has 0 spiro atoms. The number of amides is 1. The van der Waals surface area contributed by atoms with Gasteiger partial charge in [0.2, 0.25) is 15.9 Å². The van der Waals surface area contributed by atoms with E-state index >= 15 is 0 Å². The van der Waals surface area contributed by atoms with Crippen LogP contribution in [0.15, 0.2) is 58.6 Å². The fourth-order valence-corrected chi connectivity index (χ4v) is 5.41. The van der Waals surface area contributed by atoms with Crippen LogP contribution in [0.5, 0.6) is 0 Å². The Morgan fingerprint density at radius 3 is 2.44 bits per heavy atom. The second-order valence-corrected chi connectivity index (χ2v) is 10.7. The third kappa shape index (κ3) is 4.80. The molecule has 0 atom stereocenters. The number of carbonyl (C=O) groups is 1. The van der Waals surface area contributed by atoms with Gasteiger partial charge in [0.05, 0.1) is 27.0 Å². The number of primary sulfonamides is 1. The third-order valence-corrected chi connectivity index (χ3v) is 7.46. The van der Waals surface area contributed by atoms with E-state index < -0.39 is 10.0 Å². The third-order valence-electron chi connectivity index (χ3n) is 5.31. The van der Waals surface area contributed by atoms with Crippen LogP contribution in [0.2, 0.25) is 5.02 Å². The molecule has 1 heterocycles. The molecule has 0 saturated carbocycles. The highest BCUT2D eigenvalue weighted by Crippen LogP contribution is 2.32. The molecule has 0 radical (unpaired) electrons. The molecule has 0 aliphatic rings. The summed E-state index contributed by atoms with van der Waals surface area (Å²) in [5.41, 5.74) is 3.53. The van der Waals surface area contributed by atoms with E-state index in [0.29, 0.717) is 11.0 Å². The fraction of sp³-hybridized carbons (Fsp3) is 0.174. The second kappa shape index (κ2) is 9.38. The molecule has 0 saturated heterocycles. The highest BCUT2D eigenvalue weighted by molar-refractivity contribution is 7.99. The van der Waals surface area contributed by atoms with Gasteiger partial charge >= 0.3 is 0 Å². The Labute approximate surface area is 206 Å². The zero-order chi connectivity index (χ0) is 24.6. The van der Waals surface area contributed by atoms with Crippen molar-refractivity contribution < 1.29 is 13.2 Å². The van der Waals surface area contributed by atoms with Crippen molar-refractivity contribution in [3.63, 3.8) is 0 Å². The number of nitrogens with two attached hydrogens (primary N) is 1. The van der Waals surface area contributed by atoms with Crippen molar-refractivity contribution >= 4 is 55.8 Å². The molecule has 1 amide bonds. The minimum atomic E-state index is -3.89. The average Bonchev–Trinajstić information content (AvgIpc) is 3.13. The van der Waals surface area contributed by atoms with Crippen LogP contribution in [0.4, 0.5) is 5.69 Å². The molecule has 1 aromatic heterocycles. The summed E-state index contributed by atoms with van der Waals surface area (Å²) in [6.45, 7) is 6.00. The van der Waals surface area contributed by atoms with Crippen molar-refractivity contribution in [2.45, 2.75) is 30.8 Å². The van der Waals surface area contributed by atoms with E-state index in [2.05, 4.69) is 40.6 Å². The van der Waals surface area contributed by atoms with E-state index in [1.165, 1.54) is 35.5 Å². The van der Waals surface area contributed by atoms with Gasteiger partial charge in [-0.15, -0.1) is 10.2 Å². The number of nitrogens with zero attached hydrogens (tertiary/aromatic N) is 3. The number of benzene rings is 3. The van der Waals surface area contributed by atoms with Crippen molar-refractivity contribution in [3.8, 4) is 5.69 Å². The fourth-order valence-electron chi connectivity index (χ4n) is 3.80. The van der Waals surface area contributed by atoms with E-state index in [4.69, 9.17) is 16.7 Å². The molecule has 8 nitrogen and oxygen atoms in total. The molecule has 0 aliphatic carbocycles. The smallest absolute Gasteiger partial charge is 0.238 e. The van der Waals surface area contributed by atoms with Crippen molar-refractivity contribution in [2.24, 2.45) is 5.14 Å². The van der Waals surface area contributed by atoms with Gasteiger partial charge in [-0.1, -0.05) is 53.7 Å². The molecule has 4 aromatic rings. The van der Waals surface area contributed by atoms with Gasteiger partial charge in [0.15, 0.2) is 5.16 Å². The zero-order valence-electron chi connectivity index (χ0n) is 18.7. The minimum absolute atomic E-state index is 0.0498. The first-order valence-electron chi connectivity index (χ1n) is 10.2. The lowest BCUT2D eigenvalue weighted by Crippen LogP contribution is -2.16. The summed E-state index contributed by atoms with van der Waals surface area (Å²) in [5.74, 6) is 0.434. The number of hydrogen-bond acceptors (Lipinski definition) is 6. The number of nitrogens with one attached hydrogen (secondary N) is 1. The number of fused-ring (bicyclic) bond motifs is 1. The number of rotatable bonds is 6. The Kier molecular flexibility index (Phi) is 6.68. The highest BCUT2D eigenvalue weighted by atomic mass is 35.5. The first-order chi connectivity index (χ1) is 16.1. The normalized spacial score (nSPS) is 11.7. The minimum Gasteiger partial charge on any atom is -0.324 e. The van der Waals surface area contributed by atoms with Crippen LogP contribution in [0.3, 0.4) is 0 Å². The molecule has 3 aromatic carbocycles. The Bertz CT molecular complexity index is 1530. The summed E-state index contributed by atoms with van der Waals surface area (Å²) in [6, 6.07) is 14.2. The molecule has 0 aliphatic heterocycles. The zero-order valence-corrected chi connectivity index (χ0v) is 21.1. The van der Waals surface area contributed by atoms with Gasteiger partial charge in [-0.25, -0.2) is 13.6 Å². The Balaban J connectivity index is 1.58. The lowest BCUT2D eigenvalue weighted by molar-refractivity contribution is -0.113. The van der Waals surface area contributed by atoms with Crippen LogP contribution >= 0.6 is 23.4 Å². The maximum Gasteiger partial charge on any atom is 0.238 e. The van der Waals surface area contributed by atoms with Crippen LogP contribution in [0.25, 0.3) is 16.5 Å². The van der Waals surface area contributed by atoms with Crippen molar-refractivity contribution in [2.75, 3.05) is 11.1 Å². The van der Waals surface area contributed by atoms with Crippen molar-refractivity contribution in [1.82, 2.24) is 14.8 Å². The van der Waals surface area contributed by atoms with E-state index in [0.717, 1.165) is 22.0 Å². The number of thioether (sulfide) groups is 1. The molecule has 34 heavy (non-hydrogen) atoms. The molecule has 0 bridgehead atoms. The number of hydrogen-bond donors (Lipinski definition) is 2. The predicted octanol–water partition coefficient (Wildman–Crippen LogP) is 4.38. The van der Waals surface area contributed by atoms with Gasteiger partial charge in [0, 0.05) is 5.39 Å². The molecule has 3 N–H and O–H groups in total. The van der Waals surface area contributed by atoms with Gasteiger partial charge in [-0.2, -0.15) is 0 Å². The SMILES string of the molecule is Cc1cc(C)c2ccccc2c1-n1c(C)nnc1SCC(=O)Nc1ccc(S(N)(=O)=O)cc1Cl. The van der Waals surface area contributed by atoms with Crippen molar-refractivity contribution in [1.29, 1.82) is 0 Å². The van der Waals surface area contributed by atoms with Gasteiger partial charge in [-0.05, 0) is 55.5 Å². The van der Waals surface area contributed by atoms with Crippen LogP contribution in [0.1, 0.15) is 17.0 Å². The summed E-state index contributed by atoms with van der Waals surface area (Å²) >= 11 is 7.37. The maximum atomic E-state index is 12.6. The van der Waals surface area contributed by atoms with Crippen molar-refractivity contribution in [3.05, 3.63) is 70.5 Å². The second-order valence-electron chi connectivity index (χ2n) is 7.79. The topological polar surface area (TPSA) is 120 Å². The molecular formula is C23H22ClN5O3S2. The molecule has 0 unspecified atom stereocenters. The standard InChI is InChI=1S/C23H22ClN5O3S2/c1-13-10-14(2)22(18-7-5-4-6-17(13)18)29-15(3)27-28-23(29)33-12-21(30)26-20-9-8-16(11-19(20)24)34(25,31)32/h4-11H,12H2,1-3H3,(H,26,30)(H2,25,31,32). The summed E-state index contributed by atoms with van der Waals surface area (Å²) in [6.07, 6.45) is 0. The quantitative estimate of drug-likeness (QED) is 0.368. The summed E-state index contributed by atoms with van der Waals surface area (Å²) in [5, 5.41) is 19.2. The van der Waals surface area contributed by atoms with Crippen LogP contribution in [0, 0.1) is 20.8 Å². The number of carbonyl (C=O) groups excluding carboxylic acids is 1. The maximum absolute atomic E-state index is 12.6. The number of halogens is 1. The molecule has 0 fully saturated rings. The first-order valence-corrected chi connectivity index (χ1v) is 13.1. The van der Waals surface area contributed by atoms with Crippen LogP contribution in [-0.4, -0.2) is 34.8 Å². The lowest BCUT2D eigenvalue weighted by atomic mass is 9.99. The largest absolute Gasteiger partial charge is 0.324 e. The van der Waals surface area contributed by atoms with Crippen LogP contribution < -0.4 is 10.5 Å².